The highest BCUT2D eigenvalue weighted by atomic mass is 19.4. The summed E-state index contributed by atoms with van der Waals surface area (Å²) in [5.41, 5.74) is 5.32. The Kier molecular flexibility index (Phi) is 5.62. The van der Waals surface area contributed by atoms with E-state index in [1.807, 2.05) is 0 Å². The van der Waals surface area contributed by atoms with Gasteiger partial charge in [-0.15, -0.1) is 0 Å². The van der Waals surface area contributed by atoms with E-state index in [9.17, 15) is 32.3 Å². The Hall–Kier alpha value is -3.80. The van der Waals surface area contributed by atoms with Crippen molar-refractivity contribution in [2.75, 3.05) is 16.8 Å². The highest BCUT2D eigenvalue weighted by Crippen LogP contribution is 2.35. The van der Waals surface area contributed by atoms with Crippen LogP contribution in [-0.4, -0.2) is 39.7 Å². The van der Waals surface area contributed by atoms with Gasteiger partial charge in [0.2, 0.25) is 5.91 Å². The number of alkyl halides is 3. The van der Waals surface area contributed by atoms with Crippen molar-refractivity contribution in [3.8, 4) is 0 Å². The minimum atomic E-state index is -4.91. The third kappa shape index (κ3) is 4.16. The van der Waals surface area contributed by atoms with Crippen LogP contribution in [-0.2, 0) is 11.0 Å². The molecule has 1 fully saturated rings. The first-order chi connectivity index (χ1) is 15.6. The van der Waals surface area contributed by atoms with Crippen LogP contribution in [0.1, 0.15) is 22.3 Å². The van der Waals surface area contributed by atoms with Crippen molar-refractivity contribution in [3.05, 3.63) is 59.8 Å². The first kappa shape index (κ1) is 22.4. The zero-order chi connectivity index (χ0) is 23.9. The van der Waals surface area contributed by atoms with E-state index < -0.39 is 41.5 Å². The molecule has 0 spiro atoms. The fraction of sp³-hybridized carbons (Fsp3) is 0.238. The van der Waals surface area contributed by atoms with E-state index in [4.69, 9.17) is 5.73 Å². The van der Waals surface area contributed by atoms with Gasteiger partial charge in [-0.2, -0.15) is 13.2 Å². The number of anilines is 2. The maximum absolute atomic E-state index is 13.5. The highest BCUT2D eigenvalue weighted by molar-refractivity contribution is 6.06. The van der Waals surface area contributed by atoms with Gasteiger partial charge in [-0.05, 0) is 36.8 Å². The molecule has 3 aromatic rings. The summed E-state index contributed by atoms with van der Waals surface area (Å²) in [6.45, 7) is 0.326. The average molecular weight is 463 g/mol. The second-order valence-electron chi connectivity index (χ2n) is 7.48. The summed E-state index contributed by atoms with van der Waals surface area (Å²) < 4.78 is 52.3. The summed E-state index contributed by atoms with van der Waals surface area (Å²) in [6, 6.07) is 5.13. The number of nitrogens with zero attached hydrogens (tertiary/aromatic N) is 3. The van der Waals surface area contributed by atoms with Gasteiger partial charge in [-0.3, -0.25) is 4.79 Å². The van der Waals surface area contributed by atoms with Crippen LogP contribution in [0.4, 0.5) is 28.9 Å². The molecule has 12 heteroatoms. The maximum atomic E-state index is 13.5. The number of carbonyl (C=O) groups excluding carboxylic acids is 1. The predicted molar refractivity (Wildman–Crippen MR) is 110 cm³/mol. The molecule has 2 atom stereocenters. The second-order valence-corrected chi connectivity index (χ2v) is 7.48. The van der Waals surface area contributed by atoms with Gasteiger partial charge in [0.25, 0.3) is 0 Å². The van der Waals surface area contributed by atoms with Gasteiger partial charge in [0.15, 0.2) is 0 Å². The molecule has 1 aliphatic heterocycles. The Bertz CT molecular complexity index is 1250. The van der Waals surface area contributed by atoms with Gasteiger partial charge < -0.3 is 21.1 Å². The zero-order valence-corrected chi connectivity index (χ0v) is 16.8. The molecule has 1 aromatic heterocycles. The molecule has 1 aliphatic rings. The molecule has 4 rings (SSSR count). The predicted octanol–water partition coefficient (Wildman–Crippen LogP) is 3.24. The minimum absolute atomic E-state index is 0.0185. The molecular weight excluding hydrogens is 446 g/mol. The molecule has 2 aromatic carbocycles. The smallest absolute Gasteiger partial charge is 0.419 e. The molecule has 0 radical (unpaired) electrons. The summed E-state index contributed by atoms with van der Waals surface area (Å²) in [7, 11) is 0. The van der Waals surface area contributed by atoms with Gasteiger partial charge in [0.1, 0.15) is 12.1 Å². The number of aromatic carboxylic acids is 1. The SMILES string of the molecule is N[C@@H]1C(C(=O)Nc2ccc(F)c(C(F)(F)F)c2)CCN1c1ccc(C(=O)O)c2ncncc12. The lowest BCUT2D eigenvalue weighted by Crippen LogP contribution is -2.44. The molecule has 1 unspecified atom stereocenters. The Morgan fingerprint density at radius 1 is 1.21 bits per heavy atom. The van der Waals surface area contributed by atoms with Crippen LogP contribution in [0.25, 0.3) is 10.9 Å². The van der Waals surface area contributed by atoms with Crippen LogP contribution >= 0.6 is 0 Å². The molecule has 1 amide bonds. The molecule has 1 saturated heterocycles. The number of rotatable bonds is 4. The average Bonchev–Trinajstić information content (AvgIpc) is 3.14. The van der Waals surface area contributed by atoms with Gasteiger partial charge >= 0.3 is 12.1 Å². The number of benzene rings is 2. The second kappa shape index (κ2) is 8.28. The third-order valence-corrected chi connectivity index (χ3v) is 5.52. The zero-order valence-electron chi connectivity index (χ0n) is 16.8. The van der Waals surface area contributed by atoms with Crippen LogP contribution < -0.4 is 16.0 Å². The van der Waals surface area contributed by atoms with Crippen LogP contribution in [0.15, 0.2) is 42.9 Å². The molecule has 172 valence electrons. The monoisotopic (exact) mass is 463 g/mol. The fourth-order valence-electron chi connectivity index (χ4n) is 3.92. The van der Waals surface area contributed by atoms with E-state index in [2.05, 4.69) is 15.3 Å². The van der Waals surface area contributed by atoms with Gasteiger partial charge in [-0.1, -0.05) is 0 Å². The van der Waals surface area contributed by atoms with Gasteiger partial charge in [0.05, 0.1) is 28.7 Å². The number of carboxylic acids is 1. The van der Waals surface area contributed by atoms with Crippen molar-refractivity contribution < 1.29 is 32.3 Å². The lowest BCUT2D eigenvalue weighted by molar-refractivity contribution is -0.140. The Labute approximate surface area is 184 Å². The lowest BCUT2D eigenvalue weighted by Gasteiger charge is -2.27. The molecule has 4 N–H and O–H groups in total. The molecule has 8 nitrogen and oxygen atoms in total. The van der Waals surface area contributed by atoms with Crippen molar-refractivity contribution in [2.24, 2.45) is 11.7 Å². The van der Waals surface area contributed by atoms with E-state index in [0.717, 1.165) is 6.07 Å². The maximum Gasteiger partial charge on any atom is 0.419 e. The molecule has 33 heavy (non-hydrogen) atoms. The van der Waals surface area contributed by atoms with Crippen LogP contribution in [0.3, 0.4) is 0 Å². The summed E-state index contributed by atoms with van der Waals surface area (Å²) in [5, 5.41) is 12.2. The fourth-order valence-corrected chi connectivity index (χ4v) is 3.92. The van der Waals surface area contributed by atoms with E-state index in [0.29, 0.717) is 29.8 Å². The number of amides is 1. The summed E-state index contributed by atoms with van der Waals surface area (Å²) in [5.74, 6) is -4.01. The Morgan fingerprint density at radius 2 is 1.97 bits per heavy atom. The third-order valence-electron chi connectivity index (χ3n) is 5.52. The quantitative estimate of drug-likeness (QED) is 0.508. The summed E-state index contributed by atoms with van der Waals surface area (Å²) >= 11 is 0. The molecule has 0 saturated carbocycles. The number of nitrogens with two attached hydrogens (primary N) is 1. The molecule has 2 heterocycles. The Morgan fingerprint density at radius 3 is 2.67 bits per heavy atom. The summed E-state index contributed by atoms with van der Waals surface area (Å²) in [4.78, 5) is 33.9. The Balaban J connectivity index is 1.58. The molecule has 0 aliphatic carbocycles. The molecular formula is C21H17F4N5O3. The van der Waals surface area contributed by atoms with Gasteiger partial charge in [0, 0.05) is 29.5 Å². The van der Waals surface area contributed by atoms with Crippen LogP contribution in [0, 0.1) is 11.7 Å². The number of halogens is 4. The number of nitrogens with one attached hydrogen (secondary N) is 1. The number of hydrogen-bond donors (Lipinski definition) is 3. The van der Waals surface area contributed by atoms with E-state index in [-0.39, 0.29) is 23.2 Å². The van der Waals surface area contributed by atoms with E-state index in [1.165, 1.54) is 18.6 Å². The first-order valence-corrected chi connectivity index (χ1v) is 9.74. The van der Waals surface area contributed by atoms with Crippen molar-refractivity contribution in [3.63, 3.8) is 0 Å². The highest BCUT2D eigenvalue weighted by Gasteiger charge is 2.38. The van der Waals surface area contributed by atoms with Crippen molar-refractivity contribution in [1.82, 2.24) is 9.97 Å². The number of fused-ring (bicyclic) bond motifs is 1. The lowest BCUT2D eigenvalue weighted by atomic mass is 10.0. The number of hydrogen-bond acceptors (Lipinski definition) is 6. The van der Waals surface area contributed by atoms with Gasteiger partial charge in [-0.25, -0.2) is 19.2 Å². The largest absolute Gasteiger partial charge is 0.478 e. The van der Waals surface area contributed by atoms with Crippen LogP contribution in [0.5, 0.6) is 0 Å². The molecule has 0 bridgehead atoms. The van der Waals surface area contributed by atoms with Crippen molar-refractivity contribution in [1.29, 1.82) is 0 Å². The topological polar surface area (TPSA) is 121 Å². The number of aromatic nitrogens is 2. The van der Waals surface area contributed by atoms with Crippen molar-refractivity contribution >= 4 is 34.2 Å². The minimum Gasteiger partial charge on any atom is -0.478 e. The summed E-state index contributed by atoms with van der Waals surface area (Å²) in [6.07, 6.45) is -2.81. The standard InChI is InChI=1S/C21H17F4N5O3/c22-15-3-1-10(7-14(15)21(23,24)25)29-19(31)12-5-6-30(18(12)26)16-4-2-11(20(32)33)17-13(16)8-27-9-28-17/h1-4,7-9,12,18H,5-6,26H2,(H,29,31)(H,32,33)/t12?,18-/m0/s1. The van der Waals surface area contributed by atoms with Crippen LogP contribution in [0.2, 0.25) is 0 Å². The van der Waals surface area contributed by atoms with E-state index in [1.54, 1.807) is 11.0 Å². The number of carbonyl (C=O) groups is 2. The van der Waals surface area contributed by atoms with Crippen molar-refractivity contribution in [2.45, 2.75) is 18.8 Å². The number of carboxylic acid groups (broad SMARTS) is 1. The normalized spacial score (nSPS) is 18.5. The first-order valence-electron chi connectivity index (χ1n) is 9.74. The van der Waals surface area contributed by atoms with E-state index >= 15 is 0 Å².